The molecule has 1 N–H and O–H groups in total. The van der Waals surface area contributed by atoms with Crippen LogP contribution in [-0.4, -0.2) is 107 Å². The number of benzene rings is 1. The van der Waals surface area contributed by atoms with Crippen molar-refractivity contribution in [3.05, 3.63) is 29.8 Å². The average Bonchev–Trinajstić information content (AvgIpc) is 2.76. The molecule has 0 spiro atoms. The van der Waals surface area contributed by atoms with Crippen molar-refractivity contribution >= 4 is 18.0 Å². The van der Waals surface area contributed by atoms with Gasteiger partial charge in [0.15, 0.2) is 6.10 Å². The number of nitrogens with one attached hydrogen (secondary N) is 1. The summed E-state index contributed by atoms with van der Waals surface area (Å²) in [6.45, 7) is 5.56. The van der Waals surface area contributed by atoms with Crippen LogP contribution in [0.3, 0.4) is 0 Å². The fourth-order valence-electron chi connectivity index (χ4n) is 4.14. The number of anilines is 1. The van der Waals surface area contributed by atoms with Crippen LogP contribution in [0.15, 0.2) is 24.3 Å². The van der Waals surface area contributed by atoms with Crippen molar-refractivity contribution in [1.82, 2.24) is 15.1 Å². The number of likely N-dealkylation sites (tertiary alicyclic amines) is 1. The van der Waals surface area contributed by atoms with Gasteiger partial charge in [-0.2, -0.15) is 13.2 Å². The first-order valence-corrected chi connectivity index (χ1v) is 12.0. The number of rotatable bonds is 13. The van der Waals surface area contributed by atoms with Crippen molar-refractivity contribution in [2.24, 2.45) is 0 Å². The first-order valence-electron chi connectivity index (χ1n) is 12.0. The number of hydrogen-bond donors (Lipinski definition) is 1. The Labute approximate surface area is 204 Å². The number of urea groups is 1. The van der Waals surface area contributed by atoms with Gasteiger partial charge < -0.3 is 34.3 Å². The number of amides is 2. The lowest BCUT2D eigenvalue weighted by atomic mass is 9.91. The number of ether oxygens (including phenoxy) is 2. The Bertz CT molecular complexity index is 812. The van der Waals surface area contributed by atoms with Gasteiger partial charge in [-0.15, -0.1) is 0 Å². The fourth-order valence-corrected chi connectivity index (χ4v) is 4.14. The summed E-state index contributed by atoms with van der Waals surface area (Å²) in [4.78, 5) is 28.9. The van der Waals surface area contributed by atoms with E-state index >= 15 is 0 Å². The topological polar surface area (TPSA) is 74.4 Å². The Hall–Kier alpha value is -2.37. The standard InChI is InChI=1S/C24H35F3N4O4/c1-18(24(25,26)27)35-22-16-30(17-22)21-6-4-19(5-7-21)20-14-31(15-20)23(33)29(10-8-28-2)9-3-12-34-13-11-32/h4-7,11,18,20,22,28H,3,8-10,12-17H2,1-2H3. The Morgan fingerprint density at radius 3 is 2.49 bits per heavy atom. The van der Waals surface area contributed by atoms with Gasteiger partial charge in [0.05, 0.1) is 6.10 Å². The summed E-state index contributed by atoms with van der Waals surface area (Å²) in [5.74, 6) is 0.259. The van der Waals surface area contributed by atoms with Crippen LogP contribution >= 0.6 is 0 Å². The van der Waals surface area contributed by atoms with Gasteiger partial charge in [0.2, 0.25) is 0 Å². The molecule has 1 unspecified atom stereocenters. The van der Waals surface area contributed by atoms with Crippen LogP contribution in [0.4, 0.5) is 23.7 Å². The molecule has 0 bridgehead atoms. The zero-order chi connectivity index (χ0) is 25.4. The molecule has 1 aromatic rings. The van der Waals surface area contributed by atoms with Gasteiger partial charge in [-0.05, 0) is 38.1 Å². The monoisotopic (exact) mass is 500 g/mol. The first kappa shape index (κ1) is 27.2. The quantitative estimate of drug-likeness (QED) is 0.332. The van der Waals surface area contributed by atoms with E-state index in [4.69, 9.17) is 9.47 Å². The highest BCUT2D eigenvalue weighted by atomic mass is 19.4. The maximum Gasteiger partial charge on any atom is 0.414 e. The zero-order valence-electron chi connectivity index (χ0n) is 20.3. The molecule has 1 aromatic carbocycles. The predicted molar refractivity (Wildman–Crippen MR) is 126 cm³/mol. The van der Waals surface area contributed by atoms with Gasteiger partial charge in [0.1, 0.15) is 12.9 Å². The smallest absolute Gasteiger partial charge is 0.374 e. The molecule has 2 saturated heterocycles. The molecule has 0 saturated carbocycles. The van der Waals surface area contributed by atoms with Crippen LogP contribution < -0.4 is 10.2 Å². The molecule has 2 fully saturated rings. The molecule has 8 nitrogen and oxygen atoms in total. The minimum atomic E-state index is -4.34. The highest BCUT2D eigenvalue weighted by molar-refractivity contribution is 5.75. The van der Waals surface area contributed by atoms with E-state index in [1.54, 1.807) is 0 Å². The van der Waals surface area contributed by atoms with E-state index in [0.29, 0.717) is 65.1 Å². The summed E-state index contributed by atoms with van der Waals surface area (Å²) in [6.07, 6.45) is -5.13. The third-order valence-corrected chi connectivity index (χ3v) is 6.39. The molecular weight excluding hydrogens is 465 g/mol. The van der Waals surface area contributed by atoms with E-state index in [-0.39, 0.29) is 18.6 Å². The van der Waals surface area contributed by atoms with Gasteiger partial charge in [0, 0.05) is 64.0 Å². The largest absolute Gasteiger partial charge is 0.414 e. The molecule has 0 aromatic heterocycles. The molecule has 35 heavy (non-hydrogen) atoms. The molecule has 2 aliphatic heterocycles. The maximum absolute atomic E-state index is 12.9. The van der Waals surface area contributed by atoms with E-state index in [2.05, 4.69) is 5.32 Å². The van der Waals surface area contributed by atoms with Gasteiger partial charge in [-0.3, -0.25) is 0 Å². The number of nitrogens with zero attached hydrogens (tertiary/aromatic N) is 3. The van der Waals surface area contributed by atoms with Crippen molar-refractivity contribution in [2.75, 3.05) is 71.0 Å². The molecule has 0 aliphatic carbocycles. The molecule has 2 amide bonds. The minimum Gasteiger partial charge on any atom is -0.374 e. The lowest BCUT2D eigenvalue weighted by molar-refractivity contribution is -0.228. The van der Waals surface area contributed by atoms with Crippen LogP contribution in [0.5, 0.6) is 0 Å². The maximum atomic E-state index is 12.9. The molecule has 2 aliphatic rings. The first-order chi connectivity index (χ1) is 16.7. The number of likely N-dealkylation sites (N-methyl/N-ethyl adjacent to an activating group) is 1. The van der Waals surface area contributed by atoms with E-state index in [0.717, 1.165) is 18.2 Å². The third-order valence-electron chi connectivity index (χ3n) is 6.39. The number of alkyl halides is 3. The van der Waals surface area contributed by atoms with Crippen LogP contribution in [0, 0.1) is 0 Å². The molecule has 3 rings (SSSR count). The van der Waals surface area contributed by atoms with E-state index in [1.165, 1.54) is 0 Å². The average molecular weight is 501 g/mol. The second-order valence-corrected chi connectivity index (χ2v) is 9.01. The number of aldehydes is 1. The summed E-state index contributed by atoms with van der Waals surface area (Å²) in [5.41, 5.74) is 2.09. The minimum absolute atomic E-state index is 0.00298. The lowest BCUT2D eigenvalue weighted by Crippen LogP contribution is -2.55. The summed E-state index contributed by atoms with van der Waals surface area (Å²) in [5, 5.41) is 3.06. The zero-order valence-corrected chi connectivity index (χ0v) is 20.3. The van der Waals surface area contributed by atoms with Crippen molar-refractivity contribution < 1.29 is 32.2 Å². The molecular formula is C24H35F3N4O4. The predicted octanol–water partition coefficient (Wildman–Crippen LogP) is 2.49. The van der Waals surface area contributed by atoms with Gasteiger partial charge >= 0.3 is 12.2 Å². The van der Waals surface area contributed by atoms with Gasteiger partial charge in [-0.25, -0.2) is 4.79 Å². The SMILES string of the molecule is CNCCN(CCCOCC=O)C(=O)N1CC(c2ccc(N3CC(OC(C)C(F)(F)F)C3)cc2)C1. The molecule has 11 heteroatoms. The van der Waals surface area contributed by atoms with E-state index < -0.39 is 18.4 Å². The summed E-state index contributed by atoms with van der Waals surface area (Å²) in [6, 6.07) is 8.00. The lowest BCUT2D eigenvalue weighted by Gasteiger charge is -2.43. The number of halogens is 3. The normalized spacial score (nSPS) is 17.6. The van der Waals surface area contributed by atoms with E-state index in [9.17, 15) is 22.8 Å². The number of carbonyl (C=O) groups is 2. The molecule has 196 valence electrons. The highest BCUT2D eigenvalue weighted by Crippen LogP contribution is 2.32. The number of hydrogen-bond acceptors (Lipinski definition) is 6. The van der Waals surface area contributed by atoms with E-state index in [1.807, 2.05) is 46.0 Å². The van der Waals surface area contributed by atoms with Crippen molar-refractivity contribution in [3.63, 3.8) is 0 Å². The van der Waals surface area contributed by atoms with Crippen molar-refractivity contribution in [1.29, 1.82) is 0 Å². The van der Waals surface area contributed by atoms with Crippen LogP contribution in [-0.2, 0) is 14.3 Å². The summed E-state index contributed by atoms with van der Waals surface area (Å²) in [7, 11) is 1.84. The van der Waals surface area contributed by atoms with Gasteiger partial charge in [0.25, 0.3) is 0 Å². The molecule has 1 atom stereocenters. The van der Waals surface area contributed by atoms with Crippen molar-refractivity contribution in [2.45, 2.75) is 37.6 Å². The Morgan fingerprint density at radius 1 is 1.20 bits per heavy atom. The molecule has 0 radical (unpaired) electrons. The Kier molecular flexibility index (Phi) is 9.76. The highest BCUT2D eigenvalue weighted by Gasteiger charge is 2.41. The number of carbonyl (C=O) groups excluding carboxylic acids is 2. The summed E-state index contributed by atoms with van der Waals surface area (Å²) >= 11 is 0. The summed E-state index contributed by atoms with van der Waals surface area (Å²) < 4.78 is 48.2. The van der Waals surface area contributed by atoms with Crippen LogP contribution in [0.1, 0.15) is 24.8 Å². The fraction of sp³-hybridized carbons (Fsp3) is 0.667. The Balaban J connectivity index is 1.42. The Morgan fingerprint density at radius 2 is 1.89 bits per heavy atom. The van der Waals surface area contributed by atoms with Gasteiger partial charge in [-0.1, -0.05) is 12.1 Å². The molecule has 2 heterocycles. The van der Waals surface area contributed by atoms with Crippen molar-refractivity contribution in [3.8, 4) is 0 Å². The van der Waals surface area contributed by atoms with Crippen LogP contribution in [0.2, 0.25) is 0 Å². The second kappa shape index (κ2) is 12.5. The third kappa shape index (κ3) is 7.55. The van der Waals surface area contributed by atoms with Crippen LogP contribution in [0.25, 0.3) is 0 Å². The second-order valence-electron chi connectivity index (χ2n) is 9.01.